The van der Waals surface area contributed by atoms with Crippen molar-refractivity contribution < 1.29 is 10.2 Å². The zero-order chi connectivity index (χ0) is 10.0. The molecule has 1 rings (SSSR count). The van der Waals surface area contributed by atoms with Crippen LogP contribution in [0.3, 0.4) is 0 Å². The van der Waals surface area contributed by atoms with Crippen LogP contribution in [0.4, 0.5) is 0 Å². The summed E-state index contributed by atoms with van der Waals surface area (Å²) in [6, 6.07) is 4.28. The van der Waals surface area contributed by atoms with Gasteiger partial charge in [0.15, 0.2) is 0 Å². The molecule has 72 valence electrons. The molecule has 1 atom stereocenters. The zero-order valence-electron chi connectivity index (χ0n) is 7.86. The van der Waals surface area contributed by atoms with Gasteiger partial charge in [-0.05, 0) is 12.0 Å². The van der Waals surface area contributed by atoms with Crippen LogP contribution in [0, 0.1) is 5.92 Å². The van der Waals surface area contributed by atoms with E-state index in [1.807, 2.05) is 13.8 Å². The van der Waals surface area contributed by atoms with E-state index in [0.717, 1.165) is 0 Å². The summed E-state index contributed by atoms with van der Waals surface area (Å²) < 4.78 is 0. The third-order valence-corrected chi connectivity index (χ3v) is 2.09. The quantitative estimate of drug-likeness (QED) is 0.651. The summed E-state index contributed by atoms with van der Waals surface area (Å²) in [5.74, 6) is 0.369. The van der Waals surface area contributed by atoms with Gasteiger partial charge in [0.05, 0.1) is 0 Å². The molecule has 0 amide bonds. The van der Waals surface area contributed by atoms with E-state index in [2.05, 4.69) is 0 Å². The second-order valence-electron chi connectivity index (χ2n) is 3.51. The Kier molecular flexibility index (Phi) is 2.78. The molecule has 3 nitrogen and oxygen atoms in total. The molecule has 0 radical (unpaired) electrons. The minimum atomic E-state index is -0.194. The second kappa shape index (κ2) is 3.66. The summed E-state index contributed by atoms with van der Waals surface area (Å²) in [6.45, 7) is 3.97. The van der Waals surface area contributed by atoms with Gasteiger partial charge in [-0.15, -0.1) is 0 Å². The summed E-state index contributed by atoms with van der Waals surface area (Å²) in [7, 11) is 0. The first-order valence-corrected chi connectivity index (χ1v) is 4.30. The van der Waals surface area contributed by atoms with Crippen molar-refractivity contribution in [1.82, 2.24) is 0 Å². The van der Waals surface area contributed by atoms with E-state index in [4.69, 9.17) is 10.8 Å². The molecule has 0 bridgehead atoms. The zero-order valence-corrected chi connectivity index (χ0v) is 7.86. The van der Waals surface area contributed by atoms with Gasteiger partial charge in [0, 0.05) is 17.7 Å². The van der Waals surface area contributed by atoms with Crippen LogP contribution in [0.25, 0.3) is 0 Å². The second-order valence-corrected chi connectivity index (χ2v) is 3.51. The molecular formula is C10H15NO2. The fourth-order valence-electron chi connectivity index (χ4n) is 1.17. The van der Waals surface area contributed by atoms with Crippen LogP contribution in [0.2, 0.25) is 0 Å². The number of phenolic OH excluding ortho intramolecular Hbond substituents is 2. The Hall–Kier alpha value is -1.22. The molecule has 0 unspecified atom stereocenters. The molecule has 0 aliphatic carbocycles. The molecule has 0 saturated heterocycles. The maximum atomic E-state index is 9.47. The lowest BCUT2D eigenvalue weighted by atomic mass is 9.96. The normalized spacial score (nSPS) is 13.2. The van der Waals surface area contributed by atoms with Crippen molar-refractivity contribution >= 4 is 0 Å². The summed E-state index contributed by atoms with van der Waals surface area (Å²) in [6.07, 6.45) is 0. The number of benzene rings is 1. The van der Waals surface area contributed by atoms with Gasteiger partial charge < -0.3 is 15.9 Å². The average Bonchev–Trinajstić information content (AvgIpc) is 2.03. The smallest absolute Gasteiger partial charge is 0.124 e. The van der Waals surface area contributed by atoms with Crippen LogP contribution in [0.15, 0.2) is 18.2 Å². The Balaban J connectivity index is 3.01. The molecule has 1 aromatic rings. The number of hydrogen-bond donors (Lipinski definition) is 3. The van der Waals surface area contributed by atoms with E-state index < -0.39 is 0 Å². The van der Waals surface area contributed by atoms with Crippen LogP contribution in [-0.4, -0.2) is 10.2 Å². The van der Waals surface area contributed by atoms with E-state index in [-0.39, 0.29) is 23.5 Å². The fraction of sp³-hybridized carbons (Fsp3) is 0.400. The molecule has 0 fully saturated rings. The Bertz CT molecular complexity index is 297. The fourth-order valence-corrected chi connectivity index (χ4v) is 1.17. The van der Waals surface area contributed by atoms with Crippen LogP contribution in [-0.2, 0) is 0 Å². The Morgan fingerprint density at radius 2 is 1.85 bits per heavy atom. The number of nitrogens with two attached hydrogens (primary N) is 1. The predicted octanol–water partition coefficient (Wildman–Crippen LogP) is 1.75. The predicted molar refractivity (Wildman–Crippen MR) is 51.5 cm³/mol. The first-order valence-electron chi connectivity index (χ1n) is 4.30. The van der Waals surface area contributed by atoms with Crippen molar-refractivity contribution in [2.24, 2.45) is 11.7 Å². The van der Waals surface area contributed by atoms with Crippen LogP contribution >= 0.6 is 0 Å². The lowest BCUT2D eigenvalue weighted by Gasteiger charge is -2.17. The molecule has 0 heterocycles. The lowest BCUT2D eigenvalue weighted by Crippen LogP contribution is -2.16. The van der Waals surface area contributed by atoms with Gasteiger partial charge in [0.1, 0.15) is 11.5 Å². The average molecular weight is 181 g/mol. The first-order chi connectivity index (χ1) is 6.02. The topological polar surface area (TPSA) is 66.5 Å². The number of phenols is 2. The van der Waals surface area contributed by atoms with Crippen LogP contribution in [0.5, 0.6) is 11.5 Å². The third kappa shape index (κ3) is 2.12. The molecular weight excluding hydrogens is 166 g/mol. The van der Waals surface area contributed by atoms with Crippen molar-refractivity contribution in [2.75, 3.05) is 0 Å². The summed E-state index contributed by atoms with van der Waals surface area (Å²) in [5, 5.41) is 18.5. The van der Waals surface area contributed by atoms with Crippen molar-refractivity contribution in [3.8, 4) is 11.5 Å². The maximum Gasteiger partial charge on any atom is 0.124 e. The van der Waals surface area contributed by atoms with Gasteiger partial charge >= 0.3 is 0 Å². The van der Waals surface area contributed by atoms with E-state index in [1.165, 1.54) is 12.1 Å². The Labute approximate surface area is 77.8 Å². The highest BCUT2D eigenvalue weighted by Gasteiger charge is 2.14. The first kappa shape index (κ1) is 9.86. The minimum Gasteiger partial charge on any atom is -0.508 e. The molecule has 4 N–H and O–H groups in total. The number of aromatic hydroxyl groups is 2. The third-order valence-electron chi connectivity index (χ3n) is 2.09. The van der Waals surface area contributed by atoms with Crippen molar-refractivity contribution in [3.05, 3.63) is 23.8 Å². The summed E-state index contributed by atoms with van der Waals surface area (Å²) in [5.41, 5.74) is 6.52. The van der Waals surface area contributed by atoms with Crippen molar-refractivity contribution in [3.63, 3.8) is 0 Å². The number of hydrogen-bond acceptors (Lipinski definition) is 3. The van der Waals surface area contributed by atoms with Gasteiger partial charge in [0.25, 0.3) is 0 Å². The monoisotopic (exact) mass is 181 g/mol. The van der Waals surface area contributed by atoms with Crippen molar-refractivity contribution in [1.29, 1.82) is 0 Å². The standard InChI is InChI=1S/C10H15NO2/c1-6(2)10(11)8-4-3-7(12)5-9(8)13/h3-6,10,12-13H,11H2,1-2H3/t10-/m0/s1. The molecule has 3 heteroatoms. The van der Waals surface area contributed by atoms with E-state index in [9.17, 15) is 5.11 Å². The SMILES string of the molecule is CC(C)[C@H](N)c1ccc(O)cc1O. The van der Waals surface area contributed by atoms with Gasteiger partial charge in [-0.3, -0.25) is 0 Å². The molecule has 0 spiro atoms. The maximum absolute atomic E-state index is 9.47. The van der Waals surface area contributed by atoms with Crippen LogP contribution < -0.4 is 5.73 Å². The molecule has 0 aromatic heterocycles. The number of rotatable bonds is 2. The highest BCUT2D eigenvalue weighted by molar-refractivity contribution is 5.40. The minimum absolute atomic E-state index is 0.0530. The molecule has 0 aliphatic heterocycles. The highest BCUT2D eigenvalue weighted by Crippen LogP contribution is 2.29. The van der Waals surface area contributed by atoms with Crippen LogP contribution in [0.1, 0.15) is 25.5 Å². The Morgan fingerprint density at radius 1 is 1.23 bits per heavy atom. The van der Waals surface area contributed by atoms with E-state index in [0.29, 0.717) is 5.56 Å². The highest BCUT2D eigenvalue weighted by atomic mass is 16.3. The van der Waals surface area contributed by atoms with Gasteiger partial charge in [-0.25, -0.2) is 0 Å². The van der Waals surface area contributed by atoms with Gasteiger partial charge in [0.2, 0.25) is 0 Å². The van der Waals surface area contributed by atoms with E-state index in [1.54, 1.807) is 6.07 Å². The lowest BCUT2D eigenvalue weighted by molar-refractivity contribution is 0.427. The van der Waals surface area contributed by atoms with Crippen molar-refractivity contribution in [2.45, 2.75) is 19.9 Å². The van der Waals surface area contributed by atoms with E-state index >= 15 is 0 Å². The molecule has 1 aromatic carbocycles. The Morgan fingerprint density at radius 3 is 2.31 bits per heavy atom. The molecule has 0 aliphatic rings. The van der Waals surface area contributed by atoms with Gasteiger partial charge in [-0.1, -0.05) is 19.9 Å². The summed E-state index contributed by atoms with van der Waals surface area (Å²) >= 11 is 0. The largest absolute Gasteiger partial charge is 0.508 e. The summed E-state index contributed by atoms with van der Waals surface area (Å²) in [4.78, 5) is 0. The molecule has 0 saturated carbocycles. The molecule has 13 heavy (non-hydrogen) atoms. The van der Waals surface area contributed by atoms with Gasteiger partial charge in [-0.2, -0.15) is 0 Å².